The van der Waals surface area contributed by atoms with E-state index < -0.39 is 5.82 Å². The summed E-state index contributed by atoms with van der Waals surface area (Å²) in [5, 5.41) is 8.24. The Morgan fingerprint density at radius 3 is 3.10 bits per heavy atom. The molecule has 1 amide bonds. The van der Waals surface area contributed by atoms with E-state index in [1.807, 2.05) is 7.05 Å². The Labute approximate surface area is 120 Å². The Morgan fingerprint density at radius 2 is 2.35 bits per heavy atom. The molecule has 0 saturated carbocycles. The third kappa shape index (κ3) is 3.82. The number of pyridine rings is 1. The maximum atomic E-state index is 13.4. The van der Waals surface area contributed by atoms with Crippen molar-refractivity contribution in [3.05, 3.63) is 45.9 Å². The monoisotopic (exact) mass is 294 g/mol. The number of amides is 1. The molecule has 7 heteroatoms. The van der Waals surface area contributed by atoms with E-state index in [1.54, 1.807) is 5.38 Å². The van der Waals surface area contributed by atoms with E-state index in [2.05, 4.69) is 20.6 Å². The lowest BCUT2D eigenvalue weighted by Crippen LogP contribution is -2.24. The van der Waals surface area contributed by atoms with E-state index in [1.165, 1.54) is 29.7 Å². The number of aromatic nitrogens is 2. The summed E-state index contributed by atoms with van der Waals surface area (Å²) < 4.78 is 13.4. The molecule has 0 spiro atoms. The Balaban J connectivity index is 1.92. The maximum Gasteiger partial charge on any atom is 0.271 e. The SMILES string of the molecule is CNCCc1nc(C(=O)NCc2ncccc2F)cs1. The molecule has 0 aliphatic heterocycles. The van der Waals surface area contributed by atoms with Crippen molar-refractivity contribution in [3.63, 3.8) is 0 Å². The van der Waals surface area contributed by atoms with Crippen LogP contribution in [0.15, 0.2) is 23.7 Å². The van der Waals surface area contributed by atoms with Gasteiger partial charge in [-0.1, -0.05) is 0 Å². The van der Waals surface area contributed by atoms with Gasteiger partial charge in [0, 0.05) is 24.5 Å². The summed E-state index contributed by atoms with van der Waals surface area (Å²) in [5.41, 5.74) is 0.573. The highest BCUT2D eigenvalue weighted by molar-refractivity contribution is 7.09. The Morgan fingerprint density at radius 1 is 1.50 bits per heavy atom. The fraction of sp³-hybridized carbons (Fsp3) is 0.308. The second-order valence-electron chi connectivity index (χ2n) is 4.09. The number of nitrogens with zero attached hydrogens (tertiary/aromatic N) is 2. The van der Waals surface area contributed by atoms with Gasteiger partial charge < -0.3 is 10.6 Å². The molecule has 0 radical (unpaired) electrons. The average Bonchev–Trinajstić information content (AvgIpc) is 2.93. The lowest BCUT2D eigenvalue weighted by molar-refractivity contribution is 0.0945. The molecular weight excluding hydrogens is 279 g/mol. The van der Waals surface area contributed by atoms with E-state index in [0.29, 0.717) is 5.69 Å². The first kappa shape index (κ1) is 14.5. The molecule has 2 heterocycles. The molecule has 2 aromatic heterocycles. The van der Waals surface area contributed by atoms with Gasteiger partial charge in [0.1, 0.15) is 11.5 Å². The van der Waals surface area contributed by atoms with Crippen molar-refractivity contribution in [2.45, 2.75) is 13.0 Å². The van der Waals surface area contributed by atoms with Crippen LogP contribution >= 0.6 is 11.3 Å². The van der Waals surface area contributed by atoms with Crippen molar-refractivity contribution < 1.29 is 9.18 Å². The van der Waals surface area contributed by atoms with Gasteiger partial charge in [-0.05, 0) is 19.2 Å². The molecule has 0 fully saturated rings. The van der Waals surface area contributed by atoms with Crippen LogP contribution in [0.25, 0.3) is 0 Å². The fourth-order valence-electron chi connectivity index (χ4n) is 1.56. The number of halogens is 1. The Kier molecular flexibility index (Phi) is 5.14. The first-order chi connectivity index (χ1) is 9.70. The summed E-state index contributed by atoms with van der Waals surface area (Å²) in [7, 11) is 1.86. The summed E-state index contributed by atoms with van der Waals surface area (Å²) >= 11 is 1.44. The van der Waals surface area contributed by atoms with Crippen LogP contribution in [-0.4, -0.2) is 29.5 Å². The highest BCUT2D eigenvalue weighted by atomic mass is 32.1. The molecule has 0 aliphatic carbocycles. The molecule has 0 unspecified atom stereocenters. The molecule has 5 nitrogen and oxygen atoms in total. The van der Waals surface area contributed by atoms with Crippen LogP contribution in [0, 0.1) is 5.82 Å². The molecule has 0 atom stereocenters. The van der Waals surface area contributed by atoms with Crippen LogP contribution in [0.3, 0.4) is 0 Å². The van der Waals surface area contributed by atoms with E-state index in [9.17, 15) is 9.18 Å². The number of carbonyl (C=O) groups is 1. The number of hydrogen-bond donors (Lipinski definition) is 2. The average molecular weight is 294 g/mol. The number of carbonyl (C=O) groups excluding carboxylic acids is 1. The molecule has 0 aliphatic rings. The van der Waals surface area contributed by atoms with Crippen molar-refractivity contribution in [1.82, 2.24) is 20.6 Å². The number of hydrogen-bond acceptors (Lipinski definition) is 5. The van der Waals surface area contributed by atoms with Crippen LogP contribution in [0.4, 0.5) is 4.39 Å². The standard InChI is InChI=1S/C13H15FN4OS/c1-15-6-4-12-18-11(8-20-12)13(19)17-7-10-9(14)3-2-5-16-10/h2-3,5,8,15H,4,6-7H2,1H3,(H,17,19). The third-order valence-corrected chi connectivity index (χ3v) is 3.53. The zero-order valence-corrected chi connectivity index (χ0v) is 11.8. The largest absolute Gasteiger partial charge is 0.345 e. The van der Waals surface area contributed by atoms with E-state index in [0.717, 1.165) is 18.0 Å². The predicted octanol–water partition coefficient (Wildman–Crippen LogP) is 1.37. The second-order valence-corrected chi connectivity index (χ2v) is 5.04. The van der Waals surface area contributed by atoms with Gasteiger partial charge >= 0.3 is 0 Å². The van der Waals surface area contributed by atoms with Crippen LogP contribution in [0.1, 0.15) is 21.2 Å². The van der Waals surface area contributed by atoms with Crippen molar-refractivity contribution in [3.8, 4) is 0 Å². The minimum atomic E-state index is -0.430. The zero-order chi connectivity index (χ0) is 14.4. The van der Waals surface area contributed by atoms with E-state index in [4.69, 9.17) is 0 Å². The normalized spacial score (nSPS) is 10.5. The van der Waals surface area contributed by atoms with Crippen LogP contribution in [0.5, 0.6) is 0 Å². The lowest BCUT2D eigenvalue weighted by Gasteiger charge is -2.03. The molecule has 0 bridgehead atoms. The number of nitrogens with one attached hydrogen (secondary N) is 2. The summed E-state index contributed by atoms with van der Waals surface area (Å²) in [6, 6.07) is 2.82. The minimum absolute atomic E-state index is 0.0505. The minimum Gasteiger partial charge on any atom is -0.345 e. The molecule has 2 aromatic rings. The smallest absolute Gasteiger partial charge is 0.271 e. The summed E-state index contributed by atoms with van der Waals surface area (Å²) in [6.07, 6.45) is 2.27. The van der Waals surface area contributed by atoms with Gasteiger partial charge in [-0.15, -0.1) is 11.3 Å². The Bertz CT molecular complexity index is 587. The molecule has 2 N–H and O–H groups in total. The summed E-state index contributed by atoms with van der Waals surface area (Å²) in [6.45, 7) is 0.864. The number of rotatable bonds is 6. The van der Waals surface area contributed by atoms with Crippen LogP contribution < -0.4 is 10.6 Å². The maximum absolute atomic E-state index is 13.4. The quantitative estimate of drug-likeness (QED) is 0.844. The van der Waals surface area contributed by atoms with Crippen molar-refractivity contribution in [2.24, 2.45) is 0 Å². The highest BCUT2D eigenvalue weighted by Gasteiger charge is 2.11. The molecule has 20 heavy (non-hydrogen) atoms. The molecule has 0 aromatic carbocycles. The summed E-state index contributed by atoms with van der Waals surface area (Å²) in [5.74, 6) is -0.747. The van der Waals surface area contributed by atoms with Gasteiger partial charge in [-0.3, -0.25) is 9.78 Å². The number of thiazole rings is 1. The van der Waals surface area contributed by atoms with Gasteiger partial charge in [0.2, 0.25) is 0 Å². The van der Waals surface area contributed by atoms with Crippen molar-refractivity contribution >= 4 is 17.2 Å². The van der Waals surface area contributed by atoms with Gasteiger partial charge in [0.25, 0.3) is 5.91 Å². The fourth-order valence-corrected chi connectivity index (χ4v) is 2.34. The van der Waals surface area contributed by atoms with Gasteiger partial charge in [0.05, 0.1) is 17.2 Å². The molecule has 2 rings (SSSR count). The first-order valence-corrected chi connectivity index (χ1v) is 7.05. The van der Waals surface area contributed by atoms with E-state index >= 15 is 0 Å². The molecular formula is C13H15FN4OS. The second kappa shape index (κ2) is 7.06. The molecule has 106 valence electrons. The zero-order valence-electron chi connectivity index (χ0n) is 11.0. The Hall–Kier alpha value is -1.86. The van der Waals surface area contributed by atoms with Gasteiger partial charge in [-0.25, -0.2) is 9.37 Å². The highest BCUT2D eigenvalue weighted by Crippen LogP contribution is 2.10. The van der Waals surface area contributed by atoms with Gasteiger partial charge in [0.15, 0.2) is 0 Å². The first-order valence-electron chi connectivity index (χ1n) is 6.17. The van der Waals surface area contributed by atoms with Crippen molar-refractivity contribution in [2.75, 3.05) is 13.6 Å². The van der Waals surface area contributed by atoms with Gasteiger partial charge in [-0.2, -0.15) is 0 Å². The number of likely N-dealkylation sites (N-methyl/N-ethyl adjacent to an activating group) is 1. The van der Waals surface area contributed by atoms with Crippen molar-refractivity contribution in [1.29, 1.82) is 0 Å². The van der Waals surface area contributed by atoms with Crippen LogP contribution in [0.2, 0.25) is 0 Å². The van der Waals surface area contributed by atoms with Crippen LogP contribution in [-0.2, 0) is 13.0 Å². The third-order valence-electron chi connectivity index (χ3n) is 2.62. The topological polar surface area (TPSA) is 66.9 Å². The summed E-state index contributed by atoms with van der Waals surface area (Å²) in [4.78, 5) is 20.0. The van der Waals surface area contributed by atoms with E-state index in [-0.39, 0.29) is 18.1 Å². The molecule has 0 saturated heterocycles. The predicted molar refractivity (Wildman–Crippen MR) is 75.1 cm³/mol. The lowest BCUT2D eigenvalue weighted by atomic mass is 10.3.